The Bertz CT molecular complexity index is 2020. The second-order valence-electron chi connectivity index (χ2n) is 11.0. The number of nitrogens with zero attached hydrogens (tertiary/aromatic N) is 10. The SMILES string of the molecule is CN=C/C(=C(\C)C#N)c1ccc2nc(-c3cccnc3N)n(-c3ccc(CN4CCC(Nc5ccnc(C#N)n5)CC4)cc3)c2n1. The highest BCUT2D eigenvalue weighted by Gasteiger charge is 2.21. The average molecular weight is 609 g/mol. The van der Waals surface area contributed by atoms with Crippen LogP contribution in [0.15, 0.2) is 77.6 Å². The van der Waals surface area contributed by atoms with Gasteiger partial charge in [-0.25, -0.2) is 24.9 Å². The van der Waals surface area contributed by atoms with Crippen LogP contribution in [0.2, 0.25) is 0 Å². The lowest BCUT2D eigenvalue weighted by molar-refractivity contribution is 0.211. The third kappa shape index (κ3) is 6.29. The highest BCUT2D eigenvalue weighted by molar-refractivity contribution is 6.11. The van der Waals surface area contributed by atoms with E-state index in [0.717, 1.165) is 38.2 Å². The third-order valence-electron chi connectivity index (χ3n) is 7.99. The van der Waals surface area contributed by atoms with Crippen LogP contribution in [0.25, 0.3) is 33.8 Å². The molecule has 1 aromatic carbocycles. The molecule has 0 atom stereocenters. The molecule has 1 aliphatic heterocycles. The second-order valence-corrected chi connectivity index (χ2v) is 11.0. The fraction of sp³-hybridized carbons (Fsp3) is 0.235. The molecule has 5 aromatic rings. The Morgan fingerprint density at radius 3 is 2.54 bits per heavy atom. The predicted molar refractivity (Wildman–Crippen MR) is 178 cm³/mol. The van der Waals surface area contributed by atoms with Gasteiger partial charge in [-0.3, -0.25) is 14.5 Å². The van der Waals surface area contributed by atoms with Crippen molar-refractivity contribution in [3.8, 4) is 29.2 Å². The number of imidazole rings is 1. The molecule has 0 aliphatic carbocycles. The summed E-state index contributed by atoms with van der Waals surface area (Å²) in [4.78, 5) is 29.0. The molecule has 0 saturated carbocycles. The molecule has 0 radical (unpaired) electrons. The largest absolute Gasteiger partial charge is 0.383 e. The quantitative estimate of drug-likeness (QED) is 0.184. The van der Waals surface area contributed by atoms with E-state index < -0.39 is 0 Å². The summed E-state index contributed by atoms with van der Waals surface area (Å²) < 4.78 is 1.99. The van der Waals surface area contributed by atoms with E-state index in [2.05, 4.69) is 60.5 Å². The van der Waals surface area contributed by atoms with Crippen LogP contribution in [0.3, 0.4) is 0 Å². The van der Waals surface area contributed by atoms with Crippen LogP contribution < -0.4 is 11.1 Å². The minimum atomic E-state index is 0.170. The molecule has 46 heavy (non-hydrogen) atoms. The Labute approximate surface area is 266 Å². The van der Waals surface area contributed by atoms with Crippen LogP contribution in [0, 0.1) is 22.7 Å². The maximum absolute atomic E-state index is 9.60. The number of hydrogen-bond acceptors (Lipinski definition) is 11. The number of allylic oxidation sites excluding steroid dienone is 2. The molecule has 1 saturated heterocycles. The number of rotatable bonds is 8. The van der Waals surface area contributed by atoms with Crippen LogP contribution >= 0.6 is 0 Å². The van der Waals surface area contributed by atoms with Gasteiger partial charge in [0.1, 0.15) is 23.2 Å². The number of hydrogen-bond donors (Lipinski definition) is 2. The van der Waals surface area contributed by atoms with Crippen molar-refractivity contribution in [3.05, 3.63) is 89.6 Å². The van der Waals surface area contributed by atoms with Crippen LogP contribution in [0.1, 0.15) is 36.8 Å². The lowest BCUT2D eigenvalue weighted by Gasteiger charge is -2.32. The van der Waals surface area contributed by atoms with E-state index in [9.17, 15) is 5.26 Å². The molecule has 228 valence electrons. The molecule has 0 amide bonds. The average Bonchev–Trinajstić information content (AvgIpc) is 3.47. The van der Waals surface area contributed by atoms with Crippen molar-refractivity contribution >= 4 is 34.6 Å². The van der Waals surface area contributed by atoms with E-state index in [-0.39, 0.29) is 5.82 Å². The zero-order valence-electron chi connectivity index (χ0n) is 25.6. The first-order valence-electron chi connectivity index (χ1n) is 14.9. The summed E-state index contributed by atoms with van der Waals surface area (Å²) in [6.45, 7) is 4.46. The van der Waals surface area contributed by atoms with Crippen molar-refractivity contribution in [2.45, 2.75) is 32.4 Å². The van der Waals surface area contributed by atoms with E-state index in [1.807, 2.05) is 34.9 Å². The third-order valence-corrected chi connectivity index (χ3v) is 7.99. The molecule has 4 aromatic heterocycles. The first-order chi connectivity index (χ1) is 22.5. The first kappa shape index (κ1) is 30.1. The van der Waals surface area contributed by atoms with Gasteiger partial charge in [0, 0.05) is 68.2 Å². The minimum absolute atomic E-state index is 0.170. The summed E-state index contributed by atoms with van der Waals surface area (Å²) in [7, 11) is 1.67. The number of nitrogens with two attached hydrogens (primary N) is 1. The fourth-order valence-electron chi connectivity index (χ4n) is 5.63. The van der Waals surface area contributed by atoms with Crippen molar-refractivity contribution < 1.29 is 0 Å². The Morgan fingerprint density at radius 2 is 1.83 bits per heavy atom. The number of nitrogen functional groups attached to an aromatic ring is 1. The van der Waals surface area contributed by atoms with Crippen molar-refractivity contribution in [1.29, 1.82) is 10.5 Å². The van der Waals surface area contributed by atoms with E-state index in [1.165, 1.54) is 5.56 Å². The molecule has 5 heterocycles. The molecule has 0 unspecified atom stereocenters. The monoisotopic (exact) mass is 608 g/mol. The minimum Gasteiger partial charge on any atom is -0.383 e. The number of nitriles is 2. The highest BCUT2D eigenvalue weighted by Crippen LogP contribution is 2.31. The van der Waals surface area contributed by atoms with Gasteiger partial charge >= 0.3 is 0 Å². The number of aromatic nitrogens is 6. The number of aliphatic imine (C=N–C) groups is 1. The lowest BCUT2D eigenvalue weighted by Crippen LogP contribution is -2.38. The highest BCUT2D eigenvalue weighted by atomic mass is 15.2. The number of anilines is 2. The summed E-state index contributed by atoms with van der Waals surface area (Å²) in [5.74, 6) is 1.86. The maximum atomic E-state index is 9.60. The van der Waals surface area contributed by atoms with E-state index >= 15 is 0 Å². The molecular formula is C34H32N12. The summed E-state index contributed by atoms with van der Waals surface area (Å²) in [6, 6.07) is 22.2. The number of benzene rings is 1. The standard InChI is InChI=1S/C34H32N12/c1-22(18-35)27(20-38-2)28-9-10-29-34(42-28)46(33(43-29)26-4-3-14-40-32(26)37)25-7-5-23(6-8-25)21-45-16-12-24(13-17-45)41-30-11-15-39-31(19-36)44-30/h3-11,14-15,20,24H,12-13,16-17,21H2,1-2H3,(H2,37,40)(H,39,41,44)/b27-22-,38-20?. The van der Waals surface area contributed by atoms with Crippen molar-refractivity contribution in [3.63, 3.8) is 0 Å². The van der Waals surface area contributed by atoms with Gasteiger partial charge < -0.3 is 11.1 Å². The number of pyridine rings is 2. The van der Waals surface area contributed by atoms with E-state index in [0.29, 0.717) is 57.1 Å². The Kier molecular flexibility index (Phi) is 8.72. The van der Waals surface area contributed by atoms with Gasteiger partial charge in [0.2, 0.25) is 5.82 Å². The fourth-order valence-corrected chi connectivity index (χ4v) is 5.63. The summed E-state index contributed by atoms with van der Waals surface area (Å²) in [6.07, 6.45) is 6.86. The maximum Gasteiger partial charge on any atom is 0.234 e. The second kappa shape index (κ2) is 13.3. The van der Waals surface area contributed by atoms with Crippen molar-refractivity contribution in [2.75, 3.05) is 31.2 Å². The van der Waals surface area contributed by atoms with Crippen LogP contribution in [0.4, 0.5) is 11.6 Å². The Hall–Kier alpha value is -5.98. The van der Waals surface area contributed by atoms with Gasteiger partial charge in [0.05, 0.1) is 17.3 Å². The number of piperidine rings is 1. The van der Waals surface area contributed by atoms with Gasteiger partial charge in [0.15, 0.2) is 11.5 Å². The molecule has 12 nitrogen and oxygen atoms in total. The number of likely N-dealkylation sites (tertiary alicyclic amines) is 1. The molecule has 12 heteroatoms. The number of fused-ring (bicyclic) bond motifs is 1. The van der Waals surface area contributed by atoms with Gasteiger partial charge in [-0.05, 0) is 67.8 Å². The zero-order valence-corrected chi connectivity index (χ0v) is 25.6. The Balaban J connectivity index is 1.26. The van der Waals surface area contributed by atoms with Crippen LogP contribution in [0.5, 0.6) is 0 Å². The molecular weight excluding hydrogens is 576 g/mol. The summed E-state index contributed by atoms with van der Waals surface area (Å²) in [5.41, 5.74) is 12.2. The molecule has 0 bridgehead atoms. The summed E-state index contributed by atoms with van der Waals surface area (Å²) >= 11 is 0. The molecule has 6 rings (SSSR count). The van der Waals surface area contributed by atoms with Gasteiger partial charge in [-0.2, -0.15) is 10.5 Å². The van der Waals surface area contributed by atoms with E-state index in [1.54, 1.807) is 38.6 Å². The first-order valence-corrected chi connectivity index (χ1v) is 14.9. The number of nitrogens with one attached hydrogen (secondary N) is 1. The zero-order chi connectivity index (χ0) is 32.0. The molecule has 1 fully saturated rings. The molecule has 3 N–H and O–H groups in total. The lowest BCUT2D eigenvalue weighted by atomic mass is 10.0. The normalized spacial score (nSPS) is 14.6. The Morgan fingerprint density at radius 1 is 1.02 bits per heavy atom. The topological polar surface area (TPSA) is 171 Å². The van der Waals surface area contributed by atoms with Gasteiger partial charge in [-0.15, -0.1) is 0 Å². The van der Waals surface area contributed by atoms with Crippen LogP contribution in [-0.4, -0.2) is 66.8 Å². The van der Waals surface area contributed by atoms with Crippen LogP contribution in [-0.2, 0) is 6.54 Å². The summed E-state index contributed by atoms with van der Waals surface area (Å²) in [5, 5.41) is 22.1. The molecule has 0 spiro atoms. The van der Waals surface area contributed by atoms with Crippen molar-refractivity contribution in [1.82, 2.24) is 34.4 Å². The predicted octanol–water partition coefficient (Wildman–Crippen LogP) is 4.80. The smallest absolute Gasteiger partial charge is 0.234 e. The van der Waals surface area contributed by atoms with Crippen molar-refractivity contribution in [2.24, 2.45) is 4.99 Å². The molecule has 1 aliphatic rings. The van der Waals surface area contributed by atoms with Gasteiger partial charge in [0.25, 0.3) is 0 Å². The van der Waals surface area contributed by atoms with E-state index in [4.69, 9.17) is 21.0 Å². The van der Waals surface area contributed by atoms with Gasteiger partial charge in [-0.1, -0.05) is 12.1 Å².